The van der Waals surface area contributed by atoms with Crippen LogP contribution in [0.15, 0.2) is 60.7 Å². The van der Waals surface area contributed by atoms with Gasteiger partial charge in [0.2, 0.25) is 0 Å². The van der Waals surface area contributed by atoms with E-state index in [1.807, 2.05) is 12.1 Å². The molecule has 0 saturated carbocycles. The van der Waals surface area contributed by atoms with E-state index < -0.39 is 34.9 Å². The molecule has 0 N–H and O–H groups in total. The highest BCUT2D eigenvalue weighted by atomic mass is 17.5. The number of benzene rings is 2. The lowest BCUT2D eigenvalue weighted by Crippen LogP contribution is -2.32. The summed E-state index contributed by atoms with van der Waals surface area (Å²) in [7, 11) is 0. The first-order valence-electron chi connectivity index (χ1n) is 13.1. The molecule has 0 aromatic heterocycles. The minimum atomic E-state index is -0.917. The third kappa shape index (κ3) is 17.0. The molecule has 2 aromatic carbocycles. The molecule has 0 heterocycles. The predicted molar refractivity (Wildman–Crippen MR) is 148 cm³/mol. The maximum atomic E-state index is 12.0. The summed E-state index contributed by atoms with van der Waals surface area (Å²) in [6, 6.07) is 17.2. The van der Waals surface area contributed by atoms with Gasteiger partial charge in [0.05, 0.1) is 22.8 Å². The van der Waals surface area contributed by atoms with Gasteiger partial charge in [-0.1, -0.05) is 36.4 Å². The molecule has 11 heteroatoms. The molecule has 0 saturated heterocycles. The Bertz CT molecular complexity index is 991. The van der Waals surface area contributed by atoms with E-state index in [2.05, 4.69) is 19.6 Å². The molecule has 11 nitrogen and oxygen atoms in total. The Labute approximate surface area is 241 Å². The van der Waals surface area contributed by atoms with Gasteiger partial charge >= 0.3 is 18.1 Å². The van der Waals surface area contributed by atoms with Crippen LogP contribution in [-0.4, -0.2) is 41.0 Å². The second-order valence-electron chi connectivity index (χ2n) is 11.4. The minimum absolute atomic E-state index is 0.245. The normalized spacial score (nSPS) is 11.7. The molecule has 41 heavy (non-hydrogen) atoms. The summed E-state index contributed by atoms with van der Waals surface area (Å²) < 4.78 is 4.60. The summed E-state index contributed by atoms with van der Waals surface area (Å²) in [5.74, 6) is -1.11. The Morgan fingerprint density at radius 1 is 0.610 bits per heavy atom. The van der Waals surface area contributed by atoms with Crippen LogP contribution in [0.3, 0.4) is 0 Å². The number of carbonyl (C=O) groups is 3. The molecular formula is C30H42O11. The van der Waals surface area contributed by atoms with Crippen LogP contribution in [0.1, 0.15) is 95.9 Å². The summed E-state index contributed by atoms with van der Waals surface area (Å²) in [6.45, 7) is 15.9. The summed E-state index contributed by atoms with van der Waals surface area (Å²) in [5.41, 5.74) is -1.19. The third-order valence-electron chi connectivity index (χ3n) is 4.75. The monoisotopic (exact) mass is 578 g/mol. The largest absolute Gasteiger partial charge is 0.542 e. The highest BCUT2D eigenvalue weighted by molar-refractivity contribution is 5.89. The van der Waals surface area contributed by atoms with Crippen molar-refractivity contribution in [3.8, 4) is 0 Å². The molecule has 2 aromatic rings. The number of ether oxygens (including phenoxy) is 1. The average molecular weight is 579 g/mol. The molecule has 0 aliphatic heterocycles. The van der Waals surface area contributed by atoms with Crippen LogP contribution in [-0.2, 0) is 39.1 Å². The average Bonchev–Trinajstić information content (AvgIpc) is 2.90. The van der Waals surface area contributed by atoms with Crippen LogP contribution in [0.25, 0.3) is 0 Å². The second-order valence-corrected chi connectivity index (χ2v) is 11.4. The molecule has 0 aliphatic rings. The van der Waals surface area contributed by atoms with Gasteiger partial charge in [-0.25, -0.2) is 19.3 Å². The van der Waals surface area contributed by atoms with Gasteiger partial charge in [-0.15, -0.1) is 0 Å². The zero-order chi connectivity index (χ0) is 31.1. The van der Waals surface area contributed by atoms with E-state index in [9.17, 15) is 14.4 Å². The fourth-order valence-electron chi connectivity index (χ4n) is 2.59. The molecule has 0 aliphatic carbocycles. The molecular weight excluding hydrogens is 536 g/mol. The van der Waals surface area contributed by atoms with Crippen molar-refractivity contribution in [1.82, 2.24) is 0 Å². The molecule has 0 unspecified atom stereocenters. The lowest BCUT2D eigenvalue weighted by atomic mass is 9.94. The van der Waals surface area contributed by atoms with E-state index in [1.165, 1.54) is 0 Å². The van der Waals surface area contributed by atoms with Crippen molar-refractivity contribution in [2.75, 3.05) is 0 Å². The topological polar surface area (TPSA) is 125 Å². The quantitative estimate of drug-likeness (QED) is 0.145. The van der Waals surface area contributed by atoms with Gasteiger partial charge in [0, 0.05) is 0 Å². The molecule has 0 spiro atoms. The SMILES string of the molecule is CC(C)(CCC(C)(C)OOC(=O)c1ccccc1)OOC(=O)c1ccccc1.CC(C)OC(=O)OOOC(C)(C)C. The van der Waals surface area contributed by atoms with Gasteiger partial charge in [0.1, 0.15) is 11.2 Å². The lowest BCUT2D eigenvalue weighted by Gasteiger charge is -2.28. The highest BCUT2D eigenvalue weighted by Crippen LogP contribution is 2.26. The van der Waals surface area contributed by atoms with Crippen LogP contribution in [0.2, 0.25) is 0 Å². The number of hydrogen-bond donors (Lipinski definition) is 0. The zero-order valence-corrected chi connectivity index (χ0v) is 25.3. The van der Waals surface area contributed by atoms with Gasteiger partial charge in [-0.3, -0.25) is 9.78 Å². The zero-order valence-electron chi connectivity index (χ0n) is 25.3. The number of carbonyl (C=O) groups excluding carboxylic acids is 3. The summed E-state index contributed by atoms with van der Waals surface area (Å²) in [6.07, 6.45) is -0.152. The Morgan fingerprint density at radius 2 is 1.00 bits per heavy atom. The van der Waals surface area contributed by atoms with Crippen LogP contribution in [0.5, 0.6) is 0 Å². The van der Waals surface area contributed by atoms with Gasteiger partial charge in [0.25, 0.3) is 0 Å². The van der Waals surface area contributed by atoms with Crippen LogP contribution in [0, 0.1) is 0 Å². The maximum absolute atomic E-state index is 12.0. The van der Waals surface area contributed by atoms with Crippen molar-refractivity contribution in [3.05, 3.63) is 71.8 Å². The van der Waals surface area contributed by atoms with Gasteiger partial charge in [-0.05, 0) is 104 Å². The smallest absolute Gasteiger partial charge is 0.430 e. The Hall–Kier alpha value is -3.51. The molecule has 0 atom stereocenters. The first kappa shape index (κ1) is 35.5. The third-order valence-corrected chi connectivity index (χ3v) is 4.75. The predicted octanol–water partition coefficient (Wildman–Crippen LogP) is 7.11. The first-order valence-corrected chi connectivity index (χ1v) is 13.1. The molecule has 0 bridgehead atoms. The number of hydrogen-bond acceptors (Lipinski definition) is 11. The van der Waals surface area contributed by atoms with Crippen LogP contribution in [0.4, 0.5) is 4.79 Å². The van der Waals surface area contributed by atoms with Crippen molar-refractivity contribution in [1.29, 1.82) is 0 Å². The second kappa shape index (κ2) is 16.7. The molecule has 0 amide bonds. The van der Waals surface area contributed by atoms with Crippen molar-refractivity contribution in [2.24, 2.45) is 0 Å². The standard InChI is InChI=1S/C22H26O6.C8H16O5/c1-21(2,27-25-19(23)17-11-7-5-8-12-17)15-16-22(3,4)28-26-20(24)18-13-9-6-10-14-18;1-6(2)10-7(9)11-13-12-8(3,4)5/h5-14H,15-16H2,1-4H3;6H,1-5H3. The van der Waals surface area contributed by atoms with Gasteiger partial charge in [0.15, 0.2) is 0 Å². The molecule has 0 fully saturated rings. The van der Waals surface area contributed by atoms with Gasteiger partial charge in [-0.2, -0.15) is 14.7 Å². The van der Waals surface area contributed by atoms with E-state index >= 15 is 0 Å². The molecule has 228 valence electrons. The maximum Gasteiger partial charge on any atom is 0.542 e. The van der Waals surface area contributed by atoms with E-state index in [1.54, 1.807) is 111 Å². The van der Waals surface area contributed by atoms with E-state index in [-0.39, 0.29) is 6.10 Å². The summed E-state index contributed by atoms with van der Waals surface area (Å²) in [5, 5.41) is 4.19. The van der Waals surface area contributed by atoms with Crippen LogP contribution < -0.4 is 0 Å². The van der Waals surface area contributed by atoms with E-state index in [4.69, 9.17) is 19.6 Å². The molecule has 0 radical (unpaired) electrons. The van der Waals surface area contributed by atoms with Gasteiger partial charge < -0.3 is 4.74 Å². The van der Waals surface area contributed by atoms with Crippen molar-refractivity contribution < 1.29 is 53.5 Å². The summed E-state index contributed by atoms with van der Waals surface area (Å²) in [4.78, 5) is 64.0. The van der Waals surface area contributed by atoms with Crippen molar-refractivity contribution in [2.45, 2.75) is 98.1 Å². The van der Waals surface area contributed by atoms with Crippen molar-refractivity contribution in [3.63, 3.8) is 0 Å². The number of rotatable bonds is 12. The Kier molecular flexibility index (Phi) is 14.5. The summed E-state index contributed by atoms with van der Waals surface area (Å²) >= 11 is 0. The first-order chi connectivity index (χ1) is 19.0. The molecule has 2 rings (SSSR count). The van der Waals surface area contributed by atoms with Crippen LogP contribution >= 0.6 is 0 Å². The fraction of sp³-hybridized carbons (Fsp3) is 0.500. The highest BCUT2D eigenvalue weighted by Gasteiger charge is 2.30. The van der Waals surface area contributed by atoms with E-state index in [0.717, 1.165) is 0 Å². The minimum Gasteiger partial charge on any atom is -0.430 e. The fourth-order valence-corrected chi connectivity index (χ4v) is 2.59. The van der Waals surface area contributed by atoms with E-state index in [0.29, 0.717) is 24.0 Å². The van der Waals surface area contributed by atoms with Crippen molar-refractivity contribution >= 4 is 18.1 Å². The Morgan fingerprint density at radius 3 is 1.34 bits per heavy atom. The Balaban J connectivity index is 0.000000545. The lowest BCUT2D eigenvalue weighted by molar-refractivity contribution is -0.514.